The number of fused-ring (bicyclic) bond motifs is 1. The van der Waals surface area contributed by atoms with Crippen molar-refractivity contribution in [1.82, 2.24) is 23.9 Å². The molecule has 0 saturated carbocycles. The number of carbonyl (C=O) groups excluding carboxylic acids is 1. The van der Waals surface area contributed by atoms with Crippen LogP contribution in [0.3, 0.4) is 0 Å². The molecule has 1 aromatic carbocycles. The van der Waals surface area contributed by atoms with Gasteiger partial charge in [0.25, 0.3) is 0 Å². The Balaban J connectivity index is 1.20. The highest BCUT2D eigenvalue weighted by Crippen LogP contribution is 2.29. The minimum absolute atomic E-state index is 0.0389. The second kappa shape index (κ2) is 12.3. The molecule has 0 aliphatic carbocycles. The van der Waals surface area contributed by atoms with Gasteiger partial charge in [0.1, 0.15) is 0 Å². The van der Waals surface area contributed by atoms with E-state index >= 15 is 0 Å². The highest BCUT2D eigenvalue weighted by Gasteiger charge is 2.32. The lowest BCUT2D eigenvalue weighted by molar-refractivity contribution is -0.138. The Labute approximate surface area is 225 Å². The van der Waals surface area contributed by atoms with Gasteiger partial charge in [-0.15, -0.1) is 0 Å². The summed E-state index contributed by atoms with van der Waals surface area (Å²) in [5.74, 6) is 0.404. The minimum Gasteiger partial charge on any atom is -0.380 e. The number of hydrogen-bond donors (Lipinski definition) is 0. The molecule has 8 heteroatoms. The van der Waals surface area contributed by atoms with E-state index in [0.717, 1.165) is 68.3 Å². The zero-order valence-electron chi connectivity index (χ0n) is 22.8. The maximum atomic E-state index is 13.6. The number of amides is 1. The van der Waals surface area contributed by atoms with Crippen molar-refractivity contribution in [3.8, 4) is 0 Å². The lowest BCUT2D eigenvalue weighted by atomic mass is 9.93. The third kappa shape index (κ3) is 5.86. The fraction of sp³-hybridized carbons (Fsp3) is 0.567. The first kappa shape index (κ1) is 26.6. The summed E-state index contributed by atoms with van der Waals surface area (Å²) < 4.78 is 9.54. The number of aryl methyl sites for hydroxylation is 1. The molecule has 5 rings (SSSR count). The maximum Gasteiger partial charge on any atom is 0.329 e. The molecule has 0 atom stereocenters. The number of rotatable bonds is 9. The molecule has 0 unspecified atom stereocenters. The second-order valence-corrected chi connectivity index (χ2v) is 10.9. The molecule has 3 aromatic rings. The highest BCUT2D eigenvalue weighted by atomic mass is 16.5. The van der Waals surface area contributed by atoms with Crippen molar-refractivity contribution >= 4 is 16.9 Å². The topological polar surface area (TPSA) is 72.6 Å². The fourth-order valence-electron chi connectivity index (χ4n) is 6.05. The number of piperidine rings is 2. The molecule has 0 spiro atoms. The quantitative estimate of drug-likeness (QED) is 0.400. The number of ether oxygens (including phenoxy) is 1. The van der Waals surface area contributed by atoms with Crippen LogP contribution in [0.2, 0.25) is 0 Å². The zero-order chi connectivity index (χ0) is 26.5. The van der Waals surface area contributed by atoms with Crippen molar-refractivity contribution in [2.45, 2.75) is 65.1 Å². The maximum absolute atomic E-state index is 13.6. The number of imidazole rings is 1. The number of carbonyl (C=O) groups is 1. The van der Waals surface area contributed by atoms with Gasteiger partial charge in [-0.3, -0.25) is 23.8 Å². The molecule has 0 radical (unpaired) electrons. The van der Waals surface area contributed by atoms with Gasteiger partial charge < -0.3 is 9.64 Å². The van der Waals surface area contributed by atoms with Crippen LogP contribution < -0.4 is 5.69 Å². The molecule has 8 nitrogen and oxygen atoms in total. The standard InChI is InChI=1S/C30H41N5O3/c1-3-19-38-20-18-34-28-21-23(2)4-5-27(28)35(30(34)37)26-10-16-33(17-11-26)29(36)25-8-14-32(15-9-25)22-24-6-12-31-13-7-24/h4-7,12-13,21,25-26H,3,8-11,14-20,22H2,1-2H3. The summed E-state index contributed by atoms with van der Waals surface area (Å²) in [6.07, 6.45) is 8.09. The number of hydrogen-bond acceptors (Lipinski definition) is 5. The van der Waals surface area contributed by atoms with Gasteiger partial charge in [0.2, 0.25) is 5.91 Å². The van der Waals surface area contributed by atoms with Crippen molar-refractivity contribution in [2.24, 2.45) is 5.92 Å². The first-order chi connectivity index (χ1) is 18.5. The van der Waals surface area contributed by atoms with E-state index in [1.54, 1.807) is 0 Å². The van der Waals surface area contributed by atoms with E-state index in [9.17, 15) is 9.59 Å². The predicted octanol–water partition coefficient (Wildman–Crippen LogP) is 4.01. The van der Waals surface area contributed by atoms with Crippen LogP contribution in [0, 0.1) is 12.8 Å². The van der Waals surface area contributed by atoms with Crippen LogP contribution in [0.25, 0.3) is 11.0 Å². The van der Waals surface area contributed by atoms with Crippen LogP contribution in [0.4, 0.5) is 0 Å². The highest BCUT2D eigenvalue weighted by molar-refractivity contribution is 5.79. The van der Waals surface area contributed by atoms with E-state index in [1.807, 2.05) is 26.4 Å². The molecule has 2 aliphatic rings. The normalized spacial score (nSPS) is 17.9. The van der Waals surface area contributed by atoms with Crippen molar-refractivity contribution in [1.29, 1.82) is 0 Å². The molecule has 2 fully saturated rings. The van der Waals surface area contributed by atoms with E-state index in [0.29, 0.717) is 38.8 Å². The Bertz CT molecular complexity index is 1270. The van der Waals surface area contributed by atoms with Crippen LogP contribution in [0.15, 0.2) is 47.5 Å². The lowest BCUT2D eigenvalue weighted by Gasteiger charge is -2.37. The van der Waals surface area contributed by atoms with Crippen molar-refractivity contribution in [3.63, 3.8) is 0 Å². The van der Waals surface area contributed by atoms with Gasteiger partial charge in [-0.1, -0.05) is 13.0 Å². The first-order valence-electron chi connectivity index (χ1n) is 14.2. The molecule has 38 heavy (non-hydrogen) atoms. The molecule has 2 aliphatic heterocycles. The van der Waals surface area contributed by atoms with E-state index in [4.69, 9.17) is 4.74 Å². The molecular formula is C30H41N5O3. The fourth-order valence-corrected chi connectivity index (χ4v) is 6.05. The summed E-state index contributed by atoms with van der Waals surface area (Å²) in [5.41, 5.74) is 4.42. The molecule has 0 bridgehead atoms. The minimum atomic E-state index is 0.0389. The van der Waals surface area contributed by atoms with E-state index < -0.39 is 0 Å². The second-order valence-electron chi connectivity index (χ2n) is 10.9. The summed E-state index contributed by atoms with van der Waals surface area (Å²) in [6.45, 7) is 10.2. The Kier molecular flexibility index (Phi) is 8.59. The van der Waals surface area contributed by atoms with Crippen LogP contribution in [0.5, 0.6) is 0 Å². The monoisotopic (exact) mass is 519 g/mol. The summed E-state index contributed by atoms with van der Waals surface area (Å²) >= 11 is 0. The van der Waals surface area contributed by atoms with Gasteiger partial charge in [-0.2, -0.15) is 0 Å². The van der Waals surface area contributed by atoms with Gasteiger partial charge in [0.15, 0.2) is 0 Å². The van der Waals surface area contributed by atoms with Gasteiger partial charge in [0, 0.05) is 50.6 Å². The summed E-state index contributed by atoms with van der Waals surface area (Å²) in [6, 6.07) is 10.5. The van der Waals surface area contributed by atoms with Crippen LogP contribution >= 0.6 is 0 Å². The first-order valence-corrected chi connectivity index (χ1v) is 14.2. The number of likely N-dealkylation sites (tertiary alicyclic amines) is 2. The lowest BCUT2D eigenvalue weighted by Crippen LogP contribution is -2.46. The number of pyridine rings is 1. The number of benzene rings is 1. The molecule has 204 valence electrons. The average molecular weight is 520 g/mol. The Hall–Kier alpha value is -2.97. The van der Waals surface area contributed by atoms with Gasteiger partial charge >= 0.3 is 5.69 Å². The molecular weight excluding hydrogens is 478 g/mol. The third-order valence-corrected chi connectivity index (χ3v) is 8.16. The molecule has 4 heterocycles. The molecule has 0 N–H and O–H groups in total. The van der Waals surface area contributed by atoms with Gasteiger partial charge in [-0.25, -0.2) is 4.79 Å². The van der Waals surface area contributed by atoms with Crippen molar-refractivity contribution in [2.75, 3.05) is 39.4 Å². The predicted molar refractivity (Wildman–Crippen MR) is 149 cm³/mol. The number of aromatic nitrogens is 3. The van der Waals surface area contributed by atoms with Crippen molar-refractivity contribution < 1.29 is 9.53 Å². The van der Waals surface area contributed by atoms with E-state index in [1.165, 1.54) is 5.56 Å². The van der Waals surface area contributed by atoms with Crippen LogP contribution in [-0.4, -0.2) is 69.2 Å². The van der Waals surface area contributed by atoms with Gasteiger partial charge in [-0.05, 0) is 87.5 Å². The van der Waals surface area contributed by atoms with Gasteiger partial charge in [0.05, 0.1) is 24.2 Å². The average Bonchev–Trinajstić information content (AvgIpc) is 3.22. The van der Waals surface area contributed by atoms with E-state index in [2.05, 4.69) is 54.1 Å². The zero-order valence-corrected chi connectivity index (χ0v) is 22.8. The summed E-state index contributed by atoms with van der Waals surface area (Å²) in [5, 5.41) is 0. The molecule has 2 saturated heterocycles. The Morgan fingerprint density at radius 2 is 1.71 bits per heavy atom. The number of nitrogens with zero attached hydrogens (tertiary/aromatic N) is 5. The van der Waals surface area contributed by atoms with Crippen LogP contribution in [0.1, 0.15) is 56.2 Å². The summed E-state index contributed by atoms with van der Waals surface area (Å²) in [4.78, 5) is 35.5. The third-order valence-electron chi connectivity index (χ3n) is 8.16. The van der Waals surface area contributed by atoms with Crippen molar-refractivity contribution in [3.05, 3.63) is 64.3 Å². The molecule has 1 amide bonds. The smallest absolute Gasteiger partial charge is 0.329 e. The van der Waals surface area contributed by atoms with Crippen LogP contribution in [-0.2, 0) is 22.6 Å². The van der Waals surface area contributed by atoms with E-state index in [-0.39, 0.29) is 17.6 Å². The Morgan fingerprint density at radius 1 is 0.974 bits per heavy atom. The largest absolute Gasteiger partial charge is 0.380 e. The summed E-state index contributed by atoms with van der Waals surface area (Å²) in [7, 11) is 0. The molecule has 2 aromatic heterocycles. The Morgan fingerprint density at radius 3 is 2.42 bits per heavy atom. The SMILES string of the molecule is CCCOCCn1c(=O)n(C2CCN(C(=O)C3CCN(Cc4ccncc4)CC3)CC2)c2ccc(C)cc21.